The van der Waals surface area contributed by atoms with E-state index in [-0.39, 0.29) is 5.82 Å². The van der Waals surface area contributed by atoms with Crippen LogP contribution in [0.1, 0.15) is 40.8 Å². The number of hydrogen-bond acceptors (Lipinski definition) is 11. The second-order valence-corrected chi connectivity index (χ2v) is 9.00. The summed E-state index contributed by atoms with van der Waals surface area (Å²) in [6.07, 6.45) is -4.85. The van der Waals surface area contributed by atoms with Crippen LogP contribution < -0.4 is 16.7 Å². The summed E-state index contributed by atoms with van der Waals surface area (Å²) in [6.45, 7) is 7.42. The lowest BCUT2D eigenvalue weighted by atomic mass is 10.0. The van der Waals surface area contributed by atoms with Gasteiger partial charge in [-0.3, -0.25) is 4.57 Å². The van der Waals surface area contributed by atoms with Gasteiger partial charge in [-0.2, -0.15) is 4.98 Å². The SMILES string of the molecule is CC(C)C(NC(=O)OC(C)(C)C)C(=O)OC[C@@]1(N=[N+]=[N-])O[C@@H](n2ccc(N)nc2=O)[C@@H](O)[C@@H]1O. The van der Waals surface area contributed by atoms with Crippen molar-refractivity contribution in [1.82, 2.24) is 14.9 Å². The summed E-state index contributed by atoms with van der Waals surface area (Å²) < 4.78 is 16.7. The van der Waals surface area contributed by atoms with E-state index in [0.717, 1.165) is 4.57 Å². The Balaban J connectivity index is 2.22. The molecule has 1 aromatic heterocycles. The predicted octanol–water partition coefficient (Wildman–Crippen LogP) is 0.175. The zero-order valence-electron chi connectivity index (χ0n) is 19.4. The van der Waals surface area contributed by atoms with Crippen molar-refractivity contribution in [2.75, 3.05) is 12.3 Å². The van der Waals surface area contributed by atoms with Crippen molar-refractivity contribution in [1.29, 1.82) is 0 Å². The standard InChI is InChI=1S/C19H29N7O8/c1-9(2)11(23-17(31)34-18(3,4)5)15(29)32-8-19(24-25-21)13(28)12(27)14(33-19)26-7-6-10(20)22-16(26)30/h6-7,9,11-14,27-28H,8H2,1-5H3,(H,23,31)(H2,20,22,30)/t11?,12-,13-,14+,19+/m0/s1. The first-order valence-electron chi connectivity index (χ1n) is 10.3. The molecule has 1 saturated heterocycles. The fraction of sp³-hybridized carbons (Fsp3) is 0.684. The molecule has 2 rings (SSSR count). The van der Waals surface area contributed by atoms with E-state index in [9.17, 15) is 24.6 Å². The first-order chi connectivity index (χ1) is 15.7. The molecule has 5 N–H and O–H groups in total. The number of aliphatic hydroxyl groups excluding tert-OH is 2. The maximum atomic E-state index is 12.7. The van der Waals surface area contributed by atoms with Crippen molar-refractivity contribution in [3.63, 3.8) is 0 Å². The van der Waals surface area contributed by atoms with E-state index in [1.807, 2.05) is 0 Å². The monoisotopic (exact) mass is 483 g/mol. The number of aromatic nitrogens is 2. The van der Waals surface area contributed by atoms with Crippen molar-refractivity contribution in [2.24, 2.45) is 11.0 Å². The number of aliphatic hydroxyl groups is 2. The highest BCUT2D eigenvalue weighted by Gasteiger charge is 2.56. The molecular formula is C19H29N7O8. The third kappa shape index (κ3) is 6.14. The van der Waals surface area contributed by atoms with Gasteiger partial charge in [-0.1, -0.05) is 19.0 Å². The van der Waals surface area contributed by atoms with Crippen molar-refractivity contribution < 1.29 is 34.0 Å². The van der Waals surface area contributed by atoms with E-state index in [1.54, 1.807) is 34.6 Å². The second kappa shape index (κ2) is 10.3. The van der Waals surface area contributed by atoms with Gasteiger partial charge in [0.1, 0.15) is 36.3 Å². The van der Waals surface area contributed by atoms with Crippen LogP contribution in [0.5, 0.6) is 0 Å². The minimum absolute atomic E-state index is 0.0817. The molecule has 0 saturated carbocycles. The number of hydrogen-bond donors (Lipinski definition) is 4. The number of carbonyl (C=O) groups excluding carboxylic acids is 2. The number of rotatable bonds is 7. The van der Waals surface area contributed by atoms with E-state index in [2.05, 4.69) is 20.3 Å². The molecule has 0 aromatic carbocycles. The molecule has 0 aliphatic carbocycles. The molecule has 5 atom stereocenters. The minimum Gasteiger partial charge on any atom is -0.461 e. The van der Waals surface area contributed by atoms with Crippen LogP contribution in [-0.4, -0.2) is 68.0 Å². The lowest BCUT2D eigenvalue weighted by Crippen LogP contribution is -2.50. The molecule has 15 heteroatoms. The van der Waals surface area contributed by atoms with Crippen molar-refractivity contribution in [3.05, 3.63) is 33.2 Å². The zero-order chi connectivity index (χ0) is 25.8. The largest absolute Gasteiger partial charge is 0.461 e. The normalized spacial score (nSPS) is 25.4. The summed E-state index contributed by atoms with van der Waals surface area (Å²) in [6, 6.07) is 0.105. The lowest BCUT2D eigenvalue weighted by molar-refractivity contribution is -0.168. The fourth-order valence-corrected chi connectivity index (χ4v) is 3.12. The zero-order valence-corrected chi connectivity index (χ0v) is 19.4. The van der Waals surface area contributed by atoms with Crippen LogP contribution in [0.3, 0.4) is 0 Å². The van der Waals surface area contributed by atoms with Crippen LogP contribution in [0.15, 0.2) is 22.2 Å². The van der Waals surface area contributed by atoms with Gasteiger partial charge in [0, 0.05) is 11.1 Å². The number of nitrogens with zero attached hydrogens (tertiary/aromatic N) is 5. The average molecular weight is 483 g/mol. The minimum atomic E-state index is -2.28. The smallest absolute Gasteiger partial charge is 0.408 e. The maximum Gasteiger partial charge on any atom is 0.408 e. The van der Waals surface area contributed by atoms with Crippen LogP contribution >= 0.6 is 0 Å². The molecule has 0 bridgehead atoms. The third-order valence-corrected chi connectivity index (χ3v) is 4.76. The molecule has 1 amide bonds. The topological polar surface area (TPSA) is 224 Å². The van der Waals surface area contributed by atoms with Crippen LogP contribution in [0.2, 0.25) is 0 Å². The Hall–Kier alpha value is -3.39. The highest BCUT2D eigenvalue weighted by Crippen LogP contribution is 2.38. The third-order valence-electron chi connectivity index (χ3n) is 4.76. The van der Waals surface area contributed by atoms with Gasteiger partial charge in [0.15, 0.2) is 6.23 Å². The van der Waals surface area contributed by atoms with Gasteiger partial charge in [0.25, 0.3) is 0 Å². The van der Waals surface area contributed by atoms with Gasteiger partial charge in [-0.05, 0) is 38.3 Å². The van der Waals surface area contributed by atoms with E-state index in [1.165, 1.54) is 12.3 Å². The Labute approximate surface area is 194 Å². The van der Waals surface area contributed by atoms with Gasteiger partial charge in [-0.25, -0.2) is 14.4 Å². The number of nitrogen functional groups attached to an aromatic ring is 1. The molecule has 1 aliphatic rings. The number of esters is 1. The van der Waals surface area contributed by atoms with Crippen molar-refractivity contribution in [3.8, 4) is 0 Å². The first kappa shape index (κ1) is 26.9. The molecular weight excluding hydrogens is 454 g/mol. The first-order valence-corrected chi connectivity index (χ1v) is 10.3. The Bertz CT molecular complexity index is 1020. The molecule has 0 spiro atoms. The summed E-state index contributed by atoms with van der Waals surface area (Å²) in [5.74, 6) is -1.45. The Morgan fingerprint density at radius 2 is 2.09 bits per heavy atom. The Morgan fingerprint density at radius 1 is 1.44 bits per heavy atom. The van der Waals surface area contributed by atoms with E-state index in [0.29, 0.717) is 0 Å². The molecule has 188 valence electrons. The lowest BCUT2D eigenvalue weighted by Gasteiger charge is -2.28. The summed E-state index contributed by atoms with van der Waals surface area (Å²) in [4.78, 5) is 43.1. The average Bonchev–Trinajstić information content (AvgIpc) is 2.94. The highest BCUT2D eigenvalue weighted by atomic mass is 16.6. The number of azide groups is 1. The predicted molar refractivity (Wildman–Crippen MR) is 116 cm³/mol. The van der Waals surface area contributed by atoms with E-state index in [4.69, 9.17) is 25.5 Å². The summed E-state index contributed by atoms with van der Waals surface area (Å²) >= 11 is 0. The Kier molecular flexibility index (Phi) is 8.10. The summed E-state index contributed by atoms with van der Waals surface area (Å²) in [7, 11) is 0. The van der Waals surface area contributed by atoms with E-state index >= 15 is 0 Å². The molecule has 1 fully saturated rings. The molecule has 2 heterocycles. The molecule has 0 radical (unpaired) electrons. The number of alkyl carbamates (subject to hydrolysis) is 1. The number of anilines is 1. The van der Waals surface area contributed by atoms with Crippen LogP contribution in [-0.2, 0) is 19.0 Å². The fourth-order valence-electron chi connectivity index (χ4n) is 3.12. The Morgan fingerprint density at radius 3 is 2.62 bits per heavy atom. The number of ether oxygens (including phenoxy) is 3. The van der Waals surface area contributed by atoms with E-state index < -0.39 is 66.1 Å². The number of carbonyl (C=O) groups is 2. The molecule has 1 aromatic rings. The van der Waals surface area contributed by atoms with Crippen LogP contribution in [0, 0.1) is 5.92 Å². The van der Waals surface area contributed by atoms with Crippen molar-refractivity contribution in [2.45, 2.75) is 70.4 Å². The molecule has 1 unspecified atom stereocenters. The summed E-state index contributed by atoms with van der Waals surface area (Å²) in [5, 5.41) is 26.8. The van der Waals surface area contributed by atoms with Gasteiger partial charge in [-0.15, -0.1) is 0 Å². The van der Waals surface area contributed by atoms with Crippen LogP contribution in [0.25, 0.3) is 10.4 Å². The van der Waals surface area contributed by atoms with Gasteiger partial charge >= 0.3 is 17.8 Å². The van der Waals surface area contributed by atoms with Crippen molar-refractivity contribution >= 4 is 17.9 Å². The number of amides is 1. The second-order valence-electron chi connectivity index (χ2n) is 9.00. The molecule has 15 nitrogen and oxygen atoms in total. The maximum absolute atomic E-state index is 12.7. The van der Waals surface area contributed by atoms with Crippen LogP contribution in [0.4, 0.5) is 10.6 Å². The number of nitrogens with one attached hydrogen (secondary N) is 1. The van der Waals surface area contributed by atoms with Gasteiger partial charge in [0.05, 0.1) is 0 Å². The quantitative estimate of drug-likeness (QED) is 0.178. The summed E-state index contributed by atoms with van der Waals surface area (Å²) in [5.41, 5.74) is 10.5. The number of nitrogens with two attached hydrogens (primary N) is 1. The molecule has 1 aliphatic heterocycles. The van der Waals surface area contributed by atoms with Gasteiger partial charge < -0.3 is 35.5 Å². The highest BCUT2D eigenvalue weighted by molar-refractivity contribution is 5.81. The van der Waals surface area contributed by atoms with Gasteiger partial charge in [0.2, 0.25) is 5.72 Å². The molecule has 34 heavy (non-hydrogen) atoms.